The fourth-order valence-electron chi connectivity index (χ4n) is 3.24. The van der Waals surface area contributed by atoms with E-state index < -0.39 is 34.2 Å². The number of carbonyl (C=O) groups excluding carboxylic acids is 2. The van der Waals surface area contributed by atoms with Crippen LogP contribution >= 0.6 is 0 Å². The Kier molecular flexibility index (Phi) is 9.99. The molecular weight excluding hydrogens is 364 g/mol. The molecule has 0 amide bonds. The van der Waals surface area contributed by atoms with Gasteiger partial charge in [0.05, 0.1) is 16.6 Å². The highest BCUT2D eigenvalue weighted by Gasteiger charge is 2.48. The molecule has 2 atom stereocenters. The molecule has 0 radical (unpaired) electrons. The zero-order chi connectivity index (χ0) is 23.3. The smallest absolute Gasteiger partial charge is 0.169 e. The number of rotatable bonds is 12. The number of allylic oxidation sites excluding steroid dienone is 1. The second-order valence-electron chi connectivity index (χ2n) is 11.2. The molecule has 0 saturated carbocycles. The average Bonchev–Trinajstić information content (AvgIpc) is 2.53. The van der Waals surface area contributed by atoms with Gasteiger partial charge in [0.1, 0.15) is 12.2 Å². The lowest BCUT2D eigenvalue weighted by atomic mass is 9.71. The number of hydrogen-bond acceptors (Lipinski definition) is 4. The predicted molar refractivity (Wildman–Crippen MR) is 121 cm³/mol. The third-order valence-corrected chi connectivity index (χ3v) is 5.61. The normalized spacial score (nSPS) is 15.7. The Labute approximate surface area is 179 Å². The van der Waals surface area contributed by atoms with Crippen molar-refractivity contribution in [3.63, 3.8) is 0 Å². The van der Waals surface area contributed by atoms with Crippen molar-refractivity contribution in [2.45, 2.75) is 125 Å². The molecule has 0 aromatic rings. The molecule has 0 fully saturated rings. The third-order valence-electron chi connectivity index (χ3n) is 5.61. The van der Waals surface area contributed by atoms with Crippen molar-refractivity contribution in [2.75, 3.05) is 0 Å². The quantitative estimate of drug-likeness (QED) is 0.279. The van der Waals surface area contributed by atoms with Gasteiger partial charge in [0.25, 0.3) is 0 Å². The maximum absolute atomic E-state index is 13.2. The molecule has 0 spiro atoms. The Balaban J connectivity index is 5.56. The molecule has 170 valence electrons. The van der Waals surface area contributed by atoms with Gasteiger partial charge in [-0.05, 0) is 60.8 Å². The molecule has 0 aliphatic heterocycles. The van der Waals surface area contributed by atoms with E-state index >= 15 is 0 Å². The first kappa shape index (κ1) is 28.0. The summed E-state index contributed by atoms with van der Waals surface area (Å²) in [6.07, 6.45) is 4.21. The second-order valence-corrected chi connectivity index (χ2v) is 11.2. The van der Waals surface area contributed by atoms with Crippen LogP contribution in [0.15, 0.2) is 12.7 Å². The van der Waals surface area contributed by atoms with E-state index in [1.165, 1.54) is 0 Å². The van der Waals surface area contributed by atoms with Gasteiger partial charge in [0.15, 0.2) is 11.6 Å². The maximum atomic E-state index is 13.2. The lowest BCUT2D eigenvalue weighted by Gasteiger charge is -2.44. The van der Waals surface area contributed by atoms with Crippen LogP contribution in [0.2, 0.25) is 0 Å². The van der Waals surface area contributed by atoms with Crippen molar-refractivity contribution in [1.29, 1.82) is 0 Å². The summed E-state index contributed by atoms with van der Waals surface area (Å²) in [5.41, 5.74) is -2.57. The minimum atomic E-state index is -0.830. The standard InChI is InChI=1S/C25H46O4/c1-13-14-15-16-17-19(21(27)22(3,4)5)29-25(11,12)24(9,10)20(26)18(2)28-23(6,7)8/h13,18-19H,1,14-17H2,2-12H3. The molecule has 4 heteroatoms. The van der Waals surface area contributed by atoms with Crippen LogP contribution in [0.25, 0.3) is 0 Å². The van der Waals surface area contributed by atoms with Crippen LogP contribution in [-0.4, -0.2) is 35.0 Å². The maximum Gasteiger partial charge on any atom is 0.169 e. The van der Waals surface area contributed by atoms with Crippen LogP contribution in [0, 0.1) is 10.8 Å². The molecule has 0 aromatic carbocycles. The first-order valence-electron chi connectivity index (χ1n) is 10.9. The van der Waals surface area contributed by atoms with Gasteiger partial charge in [-0.15, -0.1) is 6.58 Å². The third kappa shape index (κ3) is 8.72. The molecule has 2 unspecified atom stereocenters. The molecule has 0 N–H and O–H groups in total. The van der Waals surface area contributed by atoms with Gasteiger partial charge >= 0.3 is 0 Å². The number of unbranched alkanes of at least 4 members (excludes halogenated alkanes) is 2. The van der Waals surface area contributed by atoms with Crippen molar-refractivity contribution in [3.8, 4) is 0 Å². The van der Waals surface area contributed by atoms with Crippen molar-refractivity contribution in [2.24, 2.45) is 10.8 Å². The number of Topliss-reactive ketones (excluding diaryl/α,β-unsaturated/α-hetero) is 2. The number of hydrogen-bond donors (Lipinski definition) is 0. The number of carbonyl (C=O) groups is 2. The summed E-state index contributed by atoms with van der Waals surface area (Å²) in [7, 11) is 0. The molecule has 4 nitrogen and oxygen atoms in total. The van der Waals surface area contributed by atoms with Crippen LogP contribution < -0.4 is 0 Å². The zero-order valence-corrected chi connectivity index (χ0v) is 20.9. The molecule has 0 heterocycles. The summed E-state index contributed by atoms with van der Waals surface area (Å²) in [5, 5.41) is 0. The summed E-state index contributed by atoms with van der Waals surface area (Å²) < 4.78 is 12.3. The Bertz CT molecular complexity index is 558. The minimum absolute atomic E-state index is 0.0222. The number of ketones is 2. The van der Waals surface area contributed by atoms with E-state index in [2.05, 4.69) is 6.58 Å². The summed E-state index contributed by atoms with van der Waals surface area (Å²) in [6, 6.07) is 0. The average molecular weight is 411 g/mol. The molecular formula is C25H46O4. The van der Waals surface area contributed by atoms with E-state index in [9.17, 15) is 9.59 Å². The molecule has 29 heavy (non-hydrogen) atoms. The van der Waals surface area contributed by atoms with Gasteiger partial charge in [-0.3, -0.25) is 9.59 Å². The van der Waals surface area contributed by atoms with E-state index in [0.29, 0.717) is 6.42 Å². The summed E-state index contributed by atoms with van der Waals surface area (Å²) in [5.74, 6) is 0.0532. The Hall–Kier alpha value is -1.00. The van der Waals surface area contributed by atoms with E-state index in [1.807, 2.05) is 75.3 Å². The highest BCUT2D eigenvalue weighted by atomic mass is 16.5. The number of ether oxygens (including phenoxy) is 2. The lowest BCUT2D eigenvalue weighted by molar-refractivity contribution is -0.181. The highest BCUT2D eigenvalue weighted by molar-refractivity contribution is 5.90. The van der Waals surface area contributed by atoms with E-state index in [0.717, 1.165) is 19.3 Å². The molecule has 0 rings (SSSR count). The van der Waals surface area contributed by atoms with Crippen LogP contribution in [0.3, 0.4) is 0 Å². The zero-order valence-electron chi connectivity index (χ0n) is 20.9. The van der Waals surface area contributed by atoms with Gasteiger partial charge in [0, 0.05) is 5.41 Å². The van der Waals surface area contributed by atoms with Gasteiger partial charge in [-0.1, -0.05) is 47.1 Å². The summed E-state index contributed by atoms with van der Waals surface area (Å²) >= 11 is 0. The van der Waals surface area contributed by atoms with Crippen LogP contribution in [0.1, 0.15) is 102 Å². The first-order valence-corrected chi connectivity index (χ1v) is 10.9. The largest absolute Gasteiger partial charge is 0.365 e. The minimum Gasteiger partial charge on any atom is -0.365 e. The van der Waals surface area contributed by atoms with Crippen LogP contribution in [0.5, 0.6) is 0 Å². The van der Waals surface area contributed by atoms with Gasteiger partial charge in [-0.2, -0.15) is 0 Å². The Morgan fingerprint density at radius 1 is 0.862 bits per heavy atom. The summed E-state index contributed by atoms with van der Waals surface area (Å²) in [6.45, 7) is 24.7. The van der Waals surface area contributed by atoms with Crippen LogP contribution in [-0.2, 0) is 19.1 Å². The molecule has 0 aliphatic carbocycles. The van der Waals surface area contributed by atoms with Gasteiger partial charge in [-0.25, -0.2) is 0 Å². The van der Waals surface area contributed by atoms with Crippen molar-refractivity contribution < 1.29 is 19.1 Å². The first-order chi connectivity index (χ1) is 12.9. The molecule has 0 bridgehead atoms. The predicted octanol–water partition coefficient (Wildman–Crippen LogP) is 6.31. The fourth-order valence-corrected chi connectivity index (χ4v) is 3.24. The summed E-state index contributed by atoms with van der Waals surface area (Å²) in [4.78, 5) is 26.3. The topological polar surface area (TPSA) is 52.6 Å². The van der Waals surface area contributed by atoms with Crippen molar-refractivity contribution in [1.82, 2.24) is 0 Å². The van der Waals surface area contributed by atoms with Crippen molar-refractivity contribution >= 4 is 11.6 Å². The van der Waals surface area contributed by atoms with E-state index in [-0.39, 0.29) is 11.6 Å². The lowest BCUT2D eigenvalue weighted by Crippen LogP contribution is -2.54. The van der Waals surface area contributed by atoms with E-state index in [1.54, 1.807) is 6.92 Å². The monoisotopic (exact) mass is 410 g/mol. The highest BCUT2D eigenvalue weighted by Crippen LogP contribution is 2.39. The fraction of sp³-hybridized carbons (Fsp3) is 0.840. The molecule has 0 aromatic heterocycles. The molecule has 0 saturated heterocycles. The van der Waals surface area contributed by atoms with E-state index in [4.69, 9.17) is 9.47 Å². The second kappa shape index (κ2) is 10.3. The molecule has 0 aliphatic rings. The SMILES string of the molecule is C=CCCCCC(OC(C)(C)C(C)(C)C(=O)C(C)OC(C)(C)C)C(=O)C(C)(C)C. The van der Waals surface area contributed by atoms with Gasteiger partial charge in [0.2, 0.25) is 0 Å². The Morgan fingerprint density at radius 3 is 1.79 bits per heavy atom. The van der Waals surface area contributed by atoms with Crippen molar-refractivity contribution in [3.05, 3.63) is 12.7 Å². The van der Waals surface area contributed by atoms with Gasteiger partial charge < -0.3 is 9.47 Å². The van der Waals surface area contributed by atoms with Crippen LogP contribution in [0.4, 0.5) is 0 Å². The Morgan fingerprint density at radius 2 is 1.38 bits per heavy atom.